The minimum Gasteiger partial charge on any atom is -0.459 e. The first-order valence-corrected chi connectivity index (χ1v) is 4.20. The van der Waals surface area contributed by atoms with Gasteiger partial charge in [-0.2, -0.15) is 5.26 Å². The van der Waals surface area contributed by atoms with Crippen molar-refractivity contribution in [3.8, 4) is 17.9 Å². The van der Waals surface area contributed by atoms with Crippen LogP contribution < -0.4 is 0 Å². The van der Waals surface area contributed by atoms with Crippen LogP contribution >= 0.6 is 11.6 Å². The third-order valence-corrected chi connectivity index (χ3v) is 1.75. The van der Waals surface area contributed by atoms with Crippen LogP contribution in [0, 0.1) is 23.2 Å². The maximum absolute atomic E-state index is 10.7. The number of carbonyl (C=O) groups is 1. The standard InChI is InChI=1S/C10H5ClN2O2/c1-15-9(14)3-2-8-4-7(5-12)6-13-10(8)11/h4,6H,1H3. The van der Waals surface area contributed by atoms with Crippen LogP contribution in [0.3, 0.4) is 0 Å². The fraction of sp³-hybridized carbons (Fsp3) is 0.100. The van der Waals surface area contributed by atoms with Gasteiger partial charge < -0.3 is 4.74 Å². The number of carbonyl (C=O) groups excluding carboxylic acids is 1. The molecular formula is C10H5ClN2O2. The molecule has 0 aliphatic rings. The van der Waals surface area contributed by atoms with Crippen molar-refractivity contribution in [2.75, 3.05) is 7.11 Å². The second-order valence-electron chi connectivity index (χ2n) is 2.42. The first-order chi connectivity index (χ1) is 7.17. The van der Waals surface area contributed by atoms with E-state index in [0.717, 1.165) is 0 Å². The summed E-state index contributed by atoms with van der Waals surface area (Å²) in [6, 6.07) is 3.34. The highest BCUT2D eigenvalue weighted by atomic mass is 35.5. The van der Waals surface area contributed by atoms with Crippen molar-refractivity contribution >= 4 is 17.6 Å². The minimum atomic E-state index is -0.673. The van der Waals surface area contributed by atoms with Gasteiger partial charge in [0.2, 0.25) is 0 Å². The summed E-state index contributed by atoms with van der Waals surface area (Å²) in [6.45, 7) is 0. The molecule has 1 aromatic rings. The highest BCUT2D eigenvalue weighted by Crippen LogP contribution is 2.12. The van der Waals surface area contributed by atoms with Crippen molar-refractivity contribution in [1.82, 2.24) is 4.98 Å². The second-order valence-corrected chi connectivity index (χ2v) is 2.77. The number of nitrogens with zero attached hydrogens (tertiary/aromatic N) is 2. The molecule has 0 aliphatic heterocycles. The van der Waals surface area contributed by atoms with Gasteiger partial charge in [0.25, 0.3) is 0 Å². The van der Waals surface area contributed by atoms with Crippen LogP contribution in [-0.4, -0.2) is 18.1 Å². The Labute approximate surface area is 91.4 Å². The van der Waals surface area contributed by atoms with Gasteiger partial charge in [0.05, 0.1) is 18.2 Å². The predicted octanol–water partition coefficient (Wildman–Crippen LogP) is 1.13. The smallest absolute Gasteiger partial charge is 0.384 e. The maximum atomic E-state index is 10.7. The van der Waals surface area contributed by atoms with Crippen LogP contribution in [-0.2, 0) is 9.53 Å². The largest absolute Gasteiger partial charge is 0.459 e. The van der Waals surface area contributed by atoms with E-state index in [4.69, 9.17) is 16.9 Å². The van der Waals surface area contributed by atoms with Gasteiger partial charge in [0.15, 0.2) is 0 Å². The Hall–Kier alpha value is -2.04. The van der Waals surface area contributed by atoms with Crippen LogP contribution in [0.2, 0.25) is 5.15 Å². The van der Waals surface area contributed by atoms with Crippen molar-refractivity contribution in [1.29, 1.82) is 5.26 Å². The molecule has 0 radical (unpaired) electrons. The Bertz CT molecular complexity index is 494. The second kappa shape index (κ2) is 4.99. The summed E-state index contributed by atoms with van der Waals surface area (Å²) in [6.07, 6.45) is 1.33. The van der Waals surface area contributed by atoms with E-state index in [1.807, 2.05) is 6.07 Å². The fourth-order valence-electron chi connectivity index (χ4n) is 0.766. The predicted molar refractivity (Wildman–Crippen MR) is 52.9 cm³/mol. The number of methoxy groups -OCH3 is 1. The van der Waals surface area contributed by atoms with Gasteiger partial charge in [-0.25, -0.2) is 9.78 Å². The molecule has 0 atom stereocenters. The monoisotopic (exact) mass is 220 g/mol. The van der Waals surface area contributed by atoms with E-state index in [1.165, 1.54) is 19.4 Å². The molecule has 0 bridgehead atoms. The summed E-state index contributed by atoms with van der Waals surface area (Å²) in [5.74, 6) is 3.99. The molecule has 0 saturated carbocycles. The first kappa shape index (κ1) is 11.0. The Kier molecular flexibility index (Phi) is 3.68. The number of ether oxygens (including phenoxy) is 1. The SMILES string of the molecule is COC(=O)C#Cc1cc(C#N)cnc1Cl. The molecule has 0 N–H and O–H groups in total. The van der Waals surface area contributed by atoms with Gasteiger partial charge in [-0.1, -0.05) is 17.5 Å². The van der Waals surface area contributed by atoms with Gasteiger partial charge in [0.1, 0.15) is 11.2 Å². The van der Waals surface area contributed by atoms with E-state index in [-0.39, 0.29) is 5.15 Å². The van der Waals surface area contributed by atoms with E-state index in [9.17, 15) is 4.79 Å². The number of aromatic nitrogens is 1. The lowest BCUT2D eigenvalue weighted by Gasteiger charge is -1.94. The Morgan fingerprint density at radius 1 is 1.67 bits per heavy atom. The number of pyridine rings is 1. The average molecular weight is 221 g/mol. The van der Waals surface area contributed by atoms with Crippen molar-refractivity contribution < 1.29 is 9.53 Å². The van der Waals surface area contributed by atoms with E-state index >= 15 is 0 Å². The van der Waals surface area contributed by atoms with Crippen LogP contribution in [0.5, 0.6) is 0 Å². The molecule has 0 aliphatic carbocycles. The number of rotatable bonds is 0. The summed E-state index contributed by atoms with van der Waals surface area (Å²) in [7, 11) is 1.22. The Balaban J connectivity index is 3.08. The van der Waals surface area contributed by atoms with Crippen molar-refractivity contribution in [2.45, 2.75) is 0 Å². The average Bonchev–Trinajstić information content (AvgIpc) is 2.27. The molecular weight excluding hydrogens is 216 g/mol. The number of nitriles is 1. The normalized spacial score (nSPS) is 8.33. The van der Waals surface area contributed by atoms with Gasteiger partial charge in [0, 0.05) is 12.1 Å². The molecule has 1 aromatic heterocycles. The molecule has 0 fully saturated rings. The van der Waals surface area contributed by atoms with Crippen LogP contribution in [0.15, 0.2) is 12.3 Å². The summed E-state index contributed by atoms with van der Waals surface area (Å²) in [4.78, 5) is 14.5. The molecule has 0 amide bonds. The van der Waals surface area contributed by atoms with Gasteiger partial charge in [-0.3, -0.25) is 0 Å². The third-order valence-electron chi connectivity index (χ3n) is 1.45. The third kappa shape index (κ3) is 2.98. The zero-order valence-electron chi connectivity index (χ0n) is 7.74. The van der Waals surface area contributed by atoms with E-state index < -0.39 is 5.97 Å². The molecule has 5 heteroatoms. The van der Waals surface area contributed by atoms with Gasteiger partial charge in [-0.05, 0) is 6.07 Å². The number of halogens is 1. The van der Waals surface area contributed by atoms with Gasteiger partial charge >= 0.3 is 5.97 Å². The molecule has 15 heavy (non-hydrogen) atoms. The lowest BCUT2D eigenvalue weighted by Crippen LogP contribution is -1.95. The van der Waals surface area contributed by atoms with Crippen LogP contribution in [0.1, 0.15) is 11.1 Å². The highest BCUT2D eigenvalue weighted by Gasteiger charge is 2.00. The molecule has 1 rings (SSSR count). The first-order valence-electron chi connectivity index (χ1n) is 3.83. The van der Waals surface area contributed by atoms with E-state index in [0.29, 0.717) is 11.1 Å². The molecule has 1 heterocycles. The molecule has 0 spiro atoms. The maximum Gasteiger partial charge on any atom is 0.384 e. The number of hydrogen-bond donors (Lipinski definition) is 0. The number of esters is 1. The summed E-state index contributed by atoms with van der Waals surface area (Å²) in [5, 5.41) is 8.75. The molecule has 0 aromatic carbocycles. The highest BCUT2D eigenvalue weighted by molar-refractivity contribution is 6.30. The Morgan fingerprint density at radius 3 is 3.00 bits per heavy atom. The summed E-state index contributed by atoms with van der Waals surface area (Å²) < 4.78 is 4.33. The minimum absolute atomic E-state index is 0.144. The topological polar surface area (TPSA) is 63.0 Å². The molecule has 0 saturated heterocycles. The van der Waals surface area contributed by atoms with E-state index in [2.05, 4.69) is 21.6 Å². The quantitative estimate of drug-likeness (QED) is 0.374. The molecule has 0 unspecified atom stereocenters. The summed E-state index contributed by atoms with van der Waals surface area (Å²) in [5.41, 5.74) is 0.648. The Morgan fingerprint density at radius 2 is 2.40 bits per heavy atom. The lowest BCUT2D eigenvalue weighted by molar-refractivity contribution is -0.133. The lowest BCUT2D eigenvalue weighted by atomic mass is 10.2. The van der Waals surface area contributed by atoms with Crippen molar-refractivity contribution in [2.24, 2.45) is 0 Å². The zero-order valence-corrected chi connectivity index (χ0v) is 8.50. The fourth-order valence-corrected chi connectivity index (χ4v) is 0.917. The zero-order chi connectivity index (χ0) is 11.3. The van der Waals surface area contributed by atoms with Crippen molar-refractivity contribution in [3.05, 3.63) is 28.5 Å². The van der Waals surface area contributed by atoms with E-state index in [1.54, 1.807) is 0 Å². The van der Waals surface area contributed by atoms with Crippen LogP contribution in [0.25, 0.3) is 0 Å². The summed E-state index contributed by atoms with van der Waals surface area (Å²) >= 11 is 5.70. The molecule has 74 valence electrons. The number of hydrogen-bond acceptors (Lipinski definition) is 4. The van der Waals surface area contributed by atoms with Crippen molar-refractivity contribution in [3.63, 3.8) is 0 Å². The van der Waals surface area contributed by atoms with Crippen LogP contribution in [0.4, 0.5) is 0 Å². The van der Waals surface area contributed by atoms with Gasteiger partial charge in [-0.15, -0.1) is 0 Å². The molecule has 4 nitrogen and oxygen atoms in total.